The average Bonchev–Trinajstić information content (AvgIpc) is 2.95. The molecule has 21 heavy (non-hydrogen) atoms. The lowest BCUT2D eigenvalue weighted by molar-refractivity contribution is 0.264. The molecule has 0 radical (unpaired) electrons. The van der Waals surface area contributed by atoms with Gasteiger partial charge in [0.2, 0.25) is 0 Å². The molecular weight excluding hydrogens is 262 g/mol. The molecule has 1 heterocycles. The molecule has 0 spiro atoms. The largest absolute Gasteiger partial charge is 0.479 e. The van der Waals surface area contributed by atoms with Crippen molar-refractivity contribution < 1.29 is 4.74 Å². The molecule has 0 amide bonds. The molecule has 2 rings (SSSR count). The molecule has 0 saturated carbocycles. The molecule has 1 N–H and O–H groups in total. The van der Waals surface area contributed by atoms with Crippen molar-refractivity contribution >= 4 is 0 Å². The Labute approximate surface area is 127 Å². The molecule has 114 valence electrons. The fourth-order valence-corrected chi connectivity index (χ4v) is 2.74. The molecule has 0 aromatic heterocycles. The number of rotatable bonds is 7. The number of benzene rings is 1. The summed E-state index contributed by atoms with van der Waals surface area (Å²) in [7, 11) is 0. The van der Waals surface area contributed by atoms with Crippen LogP contribution in [0, 0.1) is 17.2 Å². The standard InChI is InChI=1S/C17H25N3O/c1-14(2)20-9-7-16(13-20)12-19-11-15-3-5-17(6-4-15)21-10-8-18/h3-6,14,16,19H,7,9-13H2,1-2H3. The third-order valence-electron chi connectivity index (χ3n) is 4.04. The van der Waals surface area contributed by atoms with Crippen LogP contribution in [0.1, 0.15) is 25.8 Å². The van der Waals surface area contributed by atoms with Crippen molar-refractivity contribution in [2.75, 3.05) is 26.2 Å². The van der Waals surface area contributed by atoms with E-state index < -0.39 is 0 Å². The Morgan fingerprint density at radius 3 is 2.76 bits per heavy atom. The lowest BCUT2D eigenvalue weighted by Crippen LogP contribution is -2.30. The number of nitrogens with zero attached hydrogens (tertiary/aromatic N) is 2. The molecule has 0 bridgehead atoms. The van der Waals surface area contributed by atoms with Crippen LogP contribution in [0.3, 0.4) is 0 Å². The van der Waals surface area contributed by atoms with Gasteiger partial charge in [-0.1, -0.05) is 12.1 Å². The van der Waals surface area contributed by atoms with E-state index in [0.29, 0.717) is 6.04 Å². The van der Waals surface area contributed by atoms with E-state index in [1.807, 2.05) is 18.2 Å². The van der Waals surface area contributed by atoms with E-state index in [2.05, 4.69) is 36.2 Å². The summed E-state index contributed by atoms with van der Waals surface area (Å²) < 4.78 is 5.24. The molecule has 1 saturated heterocycles. The number of hydrogen-bond donors (Lipinski definition) is 1. The fourth-order valence-electron chi connectivity index (χ4n) is 2.74. The first-order chi connectivity index (χ1) is 10.2. The monoisotopic (exact) mass is 287 g/mol. The van der Waals surface area contributed by atoms with Crippen molar-refractivity contribution in [2.45, 2.75) is 32.9 Å². The zero-order valence-corrected chi connectivity index (χ0v) is 13.0. The summed E-state index contributed by atoms with van der Waals surface area (Å²) in [6.45, 7) is 9.05. The van der Waals surface area contributed by atoms with Crippen molar-refractivity contribution in [3.8, 4) is 11.8 Å². The van der Waals surface area contributed by atoms with E-state index in [4.69, 9.17) is 10.00 Å². The third kappa shape index (κ3) is 5.04. The number of ether oxygens (including phenoxy) is 1. The van der Waals surface area contributed by atoms with Crippen LogP contribution in [0.25, 0.3) is 0 Å². The van der Waals surface area contributed by atoms with Gasteiger partial charge in [0.05, 0.1) is 0 Å². The molecule has 1 aromatic rings. The number of likely N-dealkylation sites (tertiary alicyclic amines) is 1. The van der Waals surface area contributed by atoms with Crippen molar-refractivity contribution in [3.63, 3.8) is 0 Å². The van der Waals surface area contributed by atoms with Gasteiger partial charge in [0, 0.05) is 19.1 Å². The Balaban J connectivity index is 1.68. The van der Waals surface area contributed by atoms with Gasteiger partial charge in [-0.05, 0) is 57.0 Å². The van der Waals surface area contributed by atoms with Gasteiger partial charge in [-0.2, -0.15) is 5.26 Å². The van der Waals surface area contributed by atoms with E-state index in [9.17, 15) is 0 Å². The van der Waals surface area contributed by atoms with E-state index in [-0.39, 0.29) is 6.61 Å². The number of nitriles is 1. The summed E-state index contributed by atoms with van der Waals surface area (Å²) in [5.74, 6) is 1.52. The maximum absolute atomic E-state index is 8.47. The highest BCUT2D eigenvalue weighted by Crippen LogP contribution is 2.18. The van der Waals surface area contributed by atoms with Crippen LogP contribution >= 0.6 is 0 Å². The van der Waals surface area contributed by atoms with Gasteiger partial charge in [-0.15, -0.1) is 0 Å². The van der Waals surface area contributed by atoms with Crippen LogP contribution in [-0.2, 0) is 6.54 Å². The van der Waals surface area contributed by atoms with Gasteiger partial charge in [0.25, 0.3) is 0 Å². The SMILES string of the molecule is CC(C)N1CCC(CNCc2ccc(OCC#N)cc2)C1. The second-order valence-electron chi connectivity index (χ2n) is 5.97. The summed E-state index contributed by atoms with van der Waals surface area (Å²) in [6, 6.07) is 10.6. The van der Waals surface area contributed by atoms with Gasteiger partial charge in [-0.25, -0.2) is 0 Å². The normalized spacial score (nSPS) is 18.9. The minimum Gasteiger partial charge on any atom is -0.479 e. The maximum atomic E-state index is 8.47. The fraction of sp³-hybridized carbons (Fsp3) is 0.588. The first kappa shape index (κ1) is 15.8. The Hall–Kier alpha value is -1.57. The topological polar surface area (TPSA) is 48.3 Å². The molecule has 1 unspecified atom stereocenters. The van der Waals surface area contributed by atoms with Crippen molar-refractivity contribution in [1.29, 1.82) is 5.26 Å². The zero-order valence-electron chi connectivity index (χ0n) is 13.0. The highest BCUT2D eigenvalue weighted by atomic mass is 16.5. The number of nitrogens with one attached hydrogen (secondary N) is 1. The van der Waals surface area contributed by atoms with E-state index in [1.54, 1.807) is 0 Å². The lowest BCUT2D eigenvalue weighted by atomic mass is 10.1. The van der Waals surface area contributed by atoms with Crippen molar-refractivity contribution in [2.24, 2.45) is 5.92 Å². The summed E-state index contributed by atoms with van der Waals surface area (Å²) in [6.07, 6.45) is 1.30. The Morgan fingerprint density at radius 2 is 2.14 bits per heavy atom. The molecule has 1 aliphatic rings. The molecule has 1 fully saturated rings. The van der Waals surface area contributed by atoms with E-state index in [1.165, 1.54) is 25.1 Å². The molecule has 1 aliphatic heterocycles. The zero-order chi connectivity index (χ0) is 15.1. The van der Waals surface area contributed by atoms with Crippen molar-refractivity contribution in [3.05, 3.63) is 29.8 Å². The van der Waals surface area contributed by atoms with Crippen LogP contribution < -0.4 is 10.1 Å². The van der Waals surface area contributed by atoms with Crippen LogP contribution in [0.5, 0.6) is 5.75 Å². The summed E-state index contributed by atoms with van der Waals surface area (Å²) in [4.78, 5) is 2.55. The number of hydrogen-bond acceptors (Lipinski definition) is 4. The average molecular weight is 287 g/mol. The summed E-state index contributed by atoms with van der Waals surface area (Å²) in [5, 5.41) is 12.0. The van der Waals surface area contributed by atoms with Crippen LogP contribution in [0.4, 0.5) is 0 Å². The van der Waals surface area contributed by atoms with E-state index in [0.717, 1.165) is 24.8 Å². The minimum absolute atomic E-state index is 0.103. The van der Waals surface area contributed by atoms with Gasteiger partial charge in [-0.3, -0.25) is 0 Å². The van der Waals surface area contributed by atoms with Gasteiger partial charge >= 0.3 is 0 Å². The highest BCUT2D eigenvalue weighted by Gasteiger charge is 2.23. The van der Waals surface area contributed by atoms with Gasteiger partial charge in [0.1, 0.15) is 11.8 Å². The molecular formula is C17H25N3O. The van der Waals surface area contributed by atoms with Gasteiger partial charge in [0.15, 0.2) is 6.61 Å². The Bertz CT molecular complexity index is 464. The first-order valence-corrected chi connectivity index (χ1v) is 7.72. The van der Waals surface area contributed by atoms with Crippen LogP contribution in [-0.4, -0.2) is 37.2 Å². The smallest absolute Gasteiger partial charge is 0.174 e. The van der Waals surface area contributed by atoms with Crippen LogP contribution in [0.2, 0.25) is 0 Å². The highest BCUT2D eigenvalue weighted by molar-refractivity contribution is 5.27. The Morgan fingerprint density at radius 1 is 1.38 bits per heavy atom. The third-order valence-corrected chi connectivity index (χ3v) is 4.04. The molecule has 1 aromatic carbocycles. The molecule has 0 aliphatic carbocycles. The van der Waals surface area contributed by atoms with Crippen LogP contribution in [0.15, 0.2) is 24.3 Å². The molecule has 4 heteroatoms. The lowest BCUT2D eigenvalue weighted by Gasteiger charge is -2.20. The maximum Gasteiger partial charge on any atom is 0.174 e. The van der Waals surface area contributed by atoms with Crippen molar-refractivity contribution in [1.82, 2.24) is 10.2 Å². The van der Waals surface area contributed by atoms with Gasteiger partial charge < -0.3 is 15.0 Å². The second kappa shape index (κ2) is 8.02. The Kier molecular flexibility index (Phi) is 6.04. The second-order valence-corrected chi connectivity index (χ2v) is 5.97. The summed E-state index contributed by atoms with van der Waals surface area (Å²) in [5.41, 5.74) is 1.25. The predicted molar refractivity (Wildman–Crippen MR) is 84.1 cm³/mol. The predicted octanol–water partition coefficient (Wildman–Crippen LogP) is 2.41. The minimum atomic E-state index is 0.103. The van der Waals surface area contributed by atoms with E-state index >= 15 is 0 Å². The quantitative estimate of drug-likeness (QED) is 0.836. The molecule has 4 nitrogen and oxygen atoms in total. The molecule has 1 atom stereocenters. The summed E-state index contributed by atoms with van der Waals surface area (Å²) >= 11 is 0. The first-order valence-electron chi connectivity index (χ1n) is 7.72.